The maximum Gasteiger partial charge on any atom is 1.00 e. The Morgan fingerprint density at radius 1 is 0.615 bits per heavy atom. The maximum atomic E-state index is 12.5. The number of ether oxygens (including phenoxy) is 6. The summed E-state index contributed by atoms with van der Waals surface area (Å²) in [6, 6.07) is 13.4. The molecule has 4 heterocycles. The summed E-state index contributed by atoms with van der Waals surface area (Å²) in [4.78, 5) is 126. The molecule has 6 rings (SSSR count). The molecule has 4 aliphatic heterocycles. The van der Waals surface area contributed by atoms with Crippen LogP contribution >= 0.6 is 0 Å². The number of methoxy groups -OCH3 is 3. The Labute approximate surface area is 576 Å². The zero-order valence-electron chi connectivity index (χ0n) is 55.2. The van der Waals surface area contributed by atoms with E-state index in [1.165, 1.54) is 58.8 Å². The number of carbonyl (C=O) groups excluding carboxylic acids is 9. The van der Waals surface area contributed by atoms with E-state index in [1.54, 1.807) is 6.92 Å². The molecule has 4 fully saturated rings. The van der Waals surface area contributed by atoms with Gasteiger partial charge in [-0.25, -0.2) is 24.0 Å². The third kappa shape index (κ3) is 39.2. The van der Waals surface area contributed by atoms with Gasteiger partial charge in [0.05, 0.1) is 52.3 Å². The Balaban J connectivity index is -0.000000340. The number of aliphatic hydroxyl groups excluding tert-OH is 3. The molecule has 2 aromatic carbocycles. The average molecular weight is 1320 g/mol. The number of hydrogen-bond acceptors (Lipinski definition) is 25. The van der Waals surface area contributed by atoms with Gasteiger partial charge in [-0.2, -0.15) is 0 Å². The smallest absolute Gasteiger partial charge is 1.00 e. The van der Waals surface area contributed by atoms with Gasteiger partial charge in [-0.1, -0.05) is 74.5 Å². The van der Waals surface area contributed by atoms with Crippen LogP contribution in [0.1, 0.15) is 112 Å². The molecule has 11 N–H and O–H groups in total. The van der Waals surface area contributed by atoms with Gasteiger partial charge in [-0.05, 0) is 103 Å². The third-order valence-electron chi connectivity index (χ3n) is 12.6. The molecule has 0 aromatic heterocycles. The molecule has 0 saturated carbocycles. The summed E-state index contributed by atoms with van der Waals surface area (Å²) in [6.45, 7) is 14.5. The number of aliphatic hydroxyl groups is 3. The Morgan fingerprint density at radius 2 is 1.00 bits per heavy atom. The van der Waals surface area contributed by atoms with Crippen molar-refractivity contribution in [3.8, 4) is 0 Å². The number of aliphatic carboxylic acids is 2. The molecule has 0 unspecified atom stereocenters. The van der Waals surface area contributed by atoms with Gasteiger partial charge >= 0.3 is 107 Å². The first kappa shape index (κ1) is 91.3. The van der Waals surface area contributed by atoms with Crippen molar-refractivity contribution in [1.29, 1.82) is 0 Å². The molecule has 0 aliphatic carbocycles. The van der Waals surface area contributed by atoms with E-state index < -0.39 is 96.5 Å². The number of likely N-dealkylation sites (tertiary alicyclic amines) is 2. The predicted octanol–water partition coefficient (Wildman–Crippen LogP) is -5.68. The van der Waals surface area contributed by atoms with Gasteiger partial charge in [-0.3, -0.25) is 38.6 Å². The molecule has 0 spiro atoms. The first-order valence-electron chi connectivity index (χ1n) is 28.6. The summed E-state index contributed by atoms with van der Waals surface area (Å²) in [7, 11) is 3.62. The first-order chi connectivity index (χ1) is 42.3. The van der Waals surface area contributed by atoms with Crippen molar-refractivity contribution in [1.82, 2.24) is 31.1 Å². The molecular formula is C58H93N7Na2O24. The minimum Gasteiger partial charge on any atom is -1.00 e. The Morgan fingerprint density at radius 3 is 1.29 bits per heavy atom. The summed E-state index contributed by atoms with van der Waals surface area (Å²) in [5.74, 6) is -4.66. The fourth-order valence-electron chi connectivity index (χ4n) is 7.95. The predicted molar refractivity (Wildman–Crippen MR) is 315 cm³/mol. The number of rotatable bonds is 18. The van der Waals surface area contributed by atoms with Crippen LogP contribution in [0.4, 0.5) is 9.59 Å². The molecule has 10 atom stereocenters. The number of amides is 4. The fourth-order valence-corrected chi connectivity index (χ4v) is 7.95. The van der Waals surface area contributed by atoms with Gasteiger partial charge in [0.15, 0.2) is 12.1 Å². The summed E-state index contributed by atoms with van der Waals surface area (Å²) in [5, 5.41) is 64.3. The van der Waals surface area contributed by atoms with E-state index >= 15 is 0 Å². The monoisotopic (exact) mass is 1320 g/mol. The van der Waals surface area contributed by atoms with Crippen molar-refractivity contribution in [2.45, 2.75) is 174 Å². The van der Waals surface area contributed by atoms with Crippen LogP contribution in [0, 0.1) is 0 Å². The normalized spacial score (nSPS) is 18.1. The number of carboxylic acid groups (broad SMARTS) is 2. The molecule has 0 radical (unpaired) electrons. The minimum absolute atomic E-state index is 0. The van der Waals surface area contributed by atoms with E-state index in [0.29, 0.717) is 45.4 Å². The Hall–Kier alpha value is -6.07. The van der Waals surface area contributed by atoms with Gasteiger partial charge in [0.1, 0.15) is 37.4 Å². The van der Waals surface area contributed by atoms with Gasteiger partial charge in [0, 0.05) is 20.0 Å². The van der Waals surface area contributed by atoms with Crippen LogP contribution in [-0.4, -0.2) is 216 Å². The quantitative estimate of drug-likeness (QED) is 0.0166. The topological polar surface area (TPSA) is 457 Å². The molecule has 33 heteroatoms. The number of benzene rings is 2. The summed E-state index contributed by atoms with van der Waals surface area (Å²) >= 11 is 0. The third-order valence-corrected chi connectivity index (χ3v) is 12.6. The van der Waals surface area contributed by atoms with Crippen molar-refractivity contribution >= 4 is 66.3 Å². The zero-order valence-corrected chi connectivity index (χ0v) is 58.2. The molecule has 4 saturated heterocycles. The molecule has 31 nitrogen and oxygen atoms in total. The van der Waals surface area contributed by atoms with E-state index in [4.69, 9.17) is 40.6 Å². The molecular weight excluding hydrogens is 1220 g/mol. The van der Waals surface area contributed by atoms with Crippen molar-refractivity contribution in [2.75, 3.05) is 54.1 Å². The van der Waals surface area contributed by atoms with Crippen LogP contribution in [0.5, 0.6) is 0 Å². The Kier molecular flexibility index (Phi) is 54.7. The van der Waals surface area contributed by atoms with Crippen molar-refractivity contribution in [3.05, 3.63) is 71.8 Å². The standard InChI is InChI=1S/C18H24N2O6.C13H15NO4.C10H18N2O4.C5H11NO3.C5H9NO2.C4H8O2.C2H6.CH2O3.2Na.H/c1-12(21)15(17(23)25-2)19-16(22)14-9-6-10-20(14)18(24)26-11-13-7-4-3-5-8-13;15-12(16)11-7-4-8-14(11)13(17)18-9-10-5-2-1-3-6-10;1-6(13)8(10(15)16-2)12-9(14)7-4-3-5-11-7;1-3(7)4(6)5(8)9-2;7-5(8)4-2-1-3-6-4;1-3-6-4(2)5;1-2;2-1-4-3;;;/h3-5,7-8,12,14-15,21H,6,9-11H2,1-2H3,(H,19,22);1-3,5-6,11H,4,7-9H2,(H,15,16);6-8,11,13H,3-5H2,1-2H3,(H,12,14);3-4,7H,6H2,1-2H3;4,6H,1-3H2,(H,7,8);3H2,1-2H3;1-2H3;1,3H;;;/q;;;;;;;;2*+1;-1/p-1/t12-,14+,15+;11-;6-,7+,8+;3-,4+;4-;;;;;;/m10110....../s1. The van der Waals surface area contributed by atoms with E-state index in [9.17, 15) is 58.2 Å². The number of nitrogens with zero attached hydrogens (tertiary/aromatic N) is 2. The second-order valence-electron chi connectivity index (χ2n) is 19.2. The van der Waals surface area contributed by atoms with Crippen LogP contribution in [0.25, 0.3) is 0 Å². The van der Waals surface area contributed by atoms with E-state index in [-0.39, 0.29) is 104 Å². The number of carbonyl (C=O) groups is 11. The molecule has 2 aromatic rings. The number of nitrogens with one attached hydrogen (secondary N) is 4. The van der Waals surface area contributed by atoms with Crippen molar-refractivity contribution in [3.63, 3.8) is 0 Å². The van der Waals surface area contributed by atoms with Gasteiger partial charge in [0.25, 0.3) is 6.47 Å². The van der Waals surface area contributed by atoms with Crippen LogP contribution < -0.4 is 91.4 Å². The summed E-state index contributed by atoms with van der Waals surface area (Å²) in [6.07, 6.45) is 1.70. The van der Waals surface area contributed by atoms with Gasteiger partial charge < -0.3 is 92.5 Å². The van der Waals surface area contributed by atoms with Crippen LogP contribution in [0.3, 0.4) is 0 Å². The number of hydrogen-bond donors (Lipinski definition) is 10. The minimum atomic E-state index is -1.18. The number of carboxylic acids is 2. The van der Waals surface area contributed by atoms with Crippen LogP contribution in [0.2, 0.25) is 0 Å². The van der Waals surface area contributed by atoms with E-state index in [2.05, 4.69) is 45.1 Å². The zero-order chi connectivity index (χ0) is 68.0. The average Bonchev–Trinajstić information content (AvgIpc) is 1.72. The molecule has 0 bridgehead atoms. The van der Waals surface area contributed by atoms with Gasteiger partial charge in [-0.15, -0.1) is 0 Å². The van der Waals surface area contributed by atoms with Crippen LogP contribution in [0.15, 0.2) is 60.7 Å². The second kappa shape index (κ2) is 54.5. The van der Waals surface area contributed by atoms with E-state index in [1.807, 2.05) is 74.5 Å². The summed E-state index contributed by atoms with van der Waals surface area (Å²) in [5.41, 5.74) is 6.88. The maximum absolute atomic E-state index is 12.5. The SMILES string of the molecule is CC.CCOC(C)=O.COC(=O)[C@@H](N)[C@@H](C)O.COC(=O)[C@@H](NC(=O)[C@@H]1CCCN1)[C@@H](C)O.COC(=O)[C@@H](NC(=O)[C@@H]1CCCN1C(=O)OCc1ccccc1)[C@@H](C)O.O=C(O)[C@@H]1CCCN1.O=C(O)[C@@H]1CCCN1C(=O)OCc1ccccc1.O=CO[O-].[H-].[Na+].[Na+]. The second-order valence-corrected chi connectivity index (χ2v) is 19.2. The Bertz CT molecular complexity index is 2400. The van der Waals surface area contributed by atoms with Crippen LogP contribution in [-0.2, 0) is 89.7 Å². The van der Waals surface area contributed by atoms with Crippen molar-refractivity contribution in [2.24, 2.45) is 5.73 Å². The number of esters is 4. The summed E-state index contributed by atoms with van der Waals surface area (Å²) < 4.78 is 28.1. The number of nitrogens with two attached hydrogens (primary N) is 1. The van der Waals surface area contributed by atoms with Crippen molar-refractivity contribution < 1.29 is 177 Å². The fraction of sp³-hybridized carbons (Fsp3) is 0.603. The molecule has 4 aliphatic rings. The largest absolute Gasteiger partial charge is 1.00 e. The molecule has 4 amide bonds. The van der Waals surface area contributed by atoms with Gasteiger partial charge in [0.2, 0.25) is 11.8 Å². The first-order valence-corrected chi connectivity index (χ1v) is 28.6. The molecule has 506 valence electrons. The van der Waals surface area contributed by atoms with E-state index in [0.717, 1.165) is 49.9 Å². The molecule has 91 heavy (non-hydrogen) atoms.